The van der Waals surface area contributed by atoms with E-state index < -0.39 is 0 Å². The average Bonchev–Trinajstić information content (AvgIpc) is 1.93. The second-order valence-corrected chi connectivity index (χ2v) is 3.15. The molecule has 0 unspecified atom stereocenters. The van der Waals surface area contributed by atoms with E-state index >= 15 is 0 Å². The Bertz CT molecular complexity index is 238. The molecule has 1 heterocycles. The van der Waals surface area contributed by atoms with Crippen molar-refractivity contribution in [2.45, 2.75) is 6.92 Å². The number of nitrogen functional groups attached to an aromatic ring is 1. The van der Waals surface area contributed by atoms with Gasteiger partial charge in [0.1, 0.15) is 5.15 Å². The number of rotatable bonds is 0. The van der Waals surface area contributed by atoms with Crippen LogP contribution in [0.2, 0.25) is 5.15 Å². The minimum absolute atomic E-state index is 0. The quantitative estimate of drug-likeness (QED) is 0.726. The van der Waals surface area contributed by atoms with Gasteiger partial charge in [-0.25, -0.2) is 4.98 Å². The number of halogens is 3. The van der Waals surface area contributed by atoms with E-state index in [1.165, 1.54) is 0 Å². The number of anilines is 1. The molecule has 0 saturated carbocycles. The molecule has 0 aliphatic carbocycles. The lowest BCUT2D eigenvalue weighted by Crippen LogP contribution is -1.93. The Hall–Kier alpha value is 0.01000. The van der Waals surface area contributed by atoms with Crippen LogP contribution in [0.25, 0.3) is 0 Å². The Kier molecular flexibility index (Phi) is 4.14. The van der Waals surface area contributed by atoms with Crippen molar-refractivity contribution in [2.24, 2.45) is 0 Å². The monoisotopic (exact) mass is 256 g/mol. The van der Waals surface area contributed by atoms with Crippen LogP contribution in [-0.4, -0.2) is 4.98 Å². The molecule has 1 aromatic heterocycles. The van der Waals surface area contributed by atoms with Crippen molar-refractivity contribution in [1.29, 1.82) is 0 Å². The Morgan fingerprint density at radius 1 is 1.64 bits per heavy atom. The average molecular weight is 258 g/mol. The van der Waals surface area contributed by atoms with Crippen molar-refractivity contribution < 1.29 is 0 Å². The molecule has 0 aliphatic heterocycles. The zero-order valence-corrected chi connectivity index (χ0v) is 8.92. The van der Waals surface area contributed by atoms with E-state index in [0.29, 0.717) is 10.8 Å². The molecule has 1 aromatic rings. The second-order valence-electron chi connectivity index (χ2n) is 1.94. The Morgan fingerprint density at radius 3 is 2.64 bits per heavy atom. The molecule has 62 valence electrons. The van der Waals surface area contributed by atoms with E-state index in [9.17, 15) is 0 Å². The molecular formula is C6H7BrCl2N2. The number of aromatic nitrogens is 1. The van der Waals surface area contributed by atoms with Gasteiger partial charge in [0.2, 0.25) is 0 Å². The highest BCUT2D eigenvalue weighted by atomic mass is 79.9. The van der Waals surface area contributed by atoms with E-state index in [-0.39, 0.29) is 12.4 Å². The van der Waals surface area contributed by atoms with E-state index in [4.69, 9.17) is 17.3 Å². The van der Waals surface area contributed by atoms with Gasteiger partial charge in [0, 0.05) is 11.8 Å². The van der Waals surface area contributed by atoms with Crippen molar-refractivity contribution in [3.63, 3.8) is 0 Å². The second kappa shape index (κ2) is 4.14. The first-order chi connectivity index (χ1) is 4.63. The molecule has 2 N–H and O–H groups in total. The van der Waals surface area contributed by atoms with Gasteiger partial charge in [0.15, 0.2) is 0 Å². The summed E-state index contributed by atoms with van der Waals surface area (Å²) in [6.07, 6.45) is 1.59. The molecule has 0 atom stereocenters. The van der Waals surface area contributed by atoms with Crippen LogP contribution in [0.15, 0.2) is 10.7 Å². The highest BCUT2D eigenvalue weighted by Gasteiger charge is 2.02. The Balaban J connectivity index is 0.000001000. The molecule has 11 heavy (non-hydrogen) atoms. The molecule has 0 amide bonds. The number of pyridine rings is 1. The topological polar surface area (TPSA) is 38.9 Å². The fourth-order valence-corrected chi connectivity index (χ4v) is 1.12. The zero-order valence-electron chi connectivity index (χ0n) is 5.77. The van der Waals surface area contributed by atoms with Crippen LogP contribution in [0, 0.1) is 6.92 Å². The third-order valence-electron chi connectivity index (χ3n) is 1.26. The molecule has 5 heteroatoms. The van der Waals surface area contributed by atoms with Gasteiger partial charge in [-0.05, 0) is 22.9 Å². The lowest BCUT2D eigenvalue weighted by atomic mass is 10.3. The third-order valence-corrected chi connectivity index (χ3v) is 2.27. The summed E-state index contributed by atoms with van der Waals surface area (Å²) in [4.78, 5) is 3.88. The molecule has 0 radical (unpaired) electrons. The van der Waals surface area contributed by atoms with Gasteiger partial charge in [-0.15, -0.1) is 12.4 Å². The van der Waals surface area contributed by atoms with Gasteiger partial charge in [-0.2, -0.15) is 0 Å². The number of hydrogen-bond donors (Lipinski definition) is 1. The molecule has 0 saturated heterocycles. The first kappa shape index (κ1) is 11.0. The SMILES string of the molecule is Cc1c(Cl)ncc(Br)c1N.Cl. The highest BCUT2D eigenvalue weighted by Crippen LogP contribution is 2.25. The summed E-state index contributed by atoms with van der Waals surface area (Å²) < 4.78 is 0.786. The molecule has 0 fully saturated rings. The van der Waals surface area contributed by atoms with Crippen LogP contribution in [-0.2, 0) is 0 Å². The van der Waals surface area contributed by atoms with Crippen molar-refractivity contribution in [3.8, 4) is 0 Å². The van der Waals surface area contributed by atoms with Crippen molar-refractivity contribution in [1.82, 2.24) is 4.98 Å². The minimum atomic E-state index is 0. The zero-order chi connectivity index (χ0) is 7.72. The maximum atomic E-state index is 5.67. The molecule has 1 rings (SSSR count). The number of nitrogens with two attached hydrogens (primary N) is 1. The summed E-state index contributed by atoms with van der Waals surface area (Å²) >= 11 is 8.91. The van der Waals surface area contributed by atoms with Crippen LogP contribution in [0.5, 0.6) is 0 Å². The normalized spacial score (nSPS) is 9.00. The van der Waals surface area contributed by atoms with Gasteiger partial charge in [-0.1, -0.05) is 11.6 Å². The van der Waals surface area contributed by atoms with Gasteiger partial charge in [0.05, 0.1) is 10.2 Å². The van der Waals surface area contributed by atoms with Crippen molar-refractivity contribution >= 4 is 45.6 Å². The van der Waals surface area contributed by atoms with Crippen LogP contribution in [0.1, 0.15) is 5.56 Å². The Morgan fingerprint density at radius 2 is 2.18 bits per heavy atom. The molecule has 0 spiro atoms. The van der Waals surface area contributed by atoms with Crippen molar-refractivity contribution in [2.75, 3.05) is 5.73 Å². The van der Waals surface area contributed by atoms with E-state index in [2.05, 4.69) is 20.9 Å². The van der Waals surface area contributed by atoms with Crippen LogP contribution in [0.4, 0.5) is 5.69 Å². The predicted octanol–water partition coefficient (Wildman–Crippen LogP) is 2.81. The number of hydrogen-bond acceptors (Lipinski definition) is 2. The summed E-state index contributed by atoms with van der Waals surface area (Å²) in [6.45, 7) is 1.83. The summed E-state index contributed by atoms with van der Waals surface area (Å²) in [5.74, 6) is 0. The van der Waals surface area contributed by atoms with Gasteiger partial charge in [-0.3, -0.25) is 0 Å². The fraction of sp³-hybridized carbons (Fsp3) is 0.167. The largest absolute Gasteiger partial charge is 0.397 e. The molecule has 2 nitrogen and oxygen atoms in total. The van der Waals surface area contributed by atoms with E-state index in [0.717, 1.165) is 10.0 Å². The first-order valence-electron chi connectivity index (χ1n) is 2.69. The summed E-state index contributed by atoms with van der Waals surface area (Å²) in [7, 11) is 0. The summed E-state index contributed by atoms with van der Waals surface area (Å²) in [6, 6.07) is 0. The van der Waals surface area contributed by atoms with Crippen LogP contribution in [0.3, 0.4) is 0 Å². The van der Waals surface area contributed by atoms with Gasteiger partial charge in [0.25, 0.3) is 0 Å². The molecular weight excluding hydrogens is 251 g/mol. The number of nitrogens with zero attached hydrogens (tertiary/aromatic N) is 1. The standard InChI is InChI=1S/C6H6BrClN2.ClH/c1-3-5(9)4(7)2-10-6(3)8;/h2H,1H3,(H2,9,10);1H. The van der Waals surface area contributed by atoms with Gasteiger partial charge >= 0.3 is 0 Å². The van der Waals surface area contributed by atoms with Gasteiger partial charge < -0.3 is 5.73 Å². The van der Waals surface area contributed by atoms with E-state index in [1.54, 1.807) is 6.20 Å². The highest BCUT2D eigenvalue weighted by molar-refractivity contribution is 9.10. The minimum Gasteiger partial charge on any atom is -0.397 e. The van der Waals surface area contributed by atoms with Crippen molar-refractivity contribution in [3.05, 3.63) is 21.4 Å². The molecule has 0 aromatic carbocycles. The predicted molar refractivity (Wildman–Crippen MR) is 53.3 cm³/mol. The maximum Gasteiger partial charge on any atom is 0.134 e. The lowest BCUT2D eigenvalue weighted by Gasteiger charge is -2.02. The van der Waals surface area contributed by atoms with Crippen LogP contribution < -0.4 is 5.73 Å². The Labute approximate surface area is 84.7 Å². The molecule has 0 aliphatic rings. The maximum absolute atomic E-state index is 5.67. The first-order valence-corrected chi connectivity index (χ1v) is 3.86. The third kappa shape index (κ3) is 2.22. The van der Waals surface area contributed by atoms with E-state index in [1.807, 2.05) is 6.92 Å². The van der Waals surface area contributed by atoms with Crippen LogP contribution >= 0.6 is 39.9 Å². The summed E-state index contributed by atoms with van der Waals surface area (Å²) in [5, 5.41) is 0.459. The summed E-state index contributed by atoms with van der Waals surface area (Å²) in [5.41, 5.74) is 7.08. The molecule has 0 bridgehead atoms. The smallest absolute Gasteiger partial charge is 0.134 e. The fourth-order valence-electron chi connectivity index (χ4n) is 0.570. The lowest BCUT2D eigenvalue weighted by molar-refractivity contribution is 1.26.